The number of nitrogens with two attached hydrogens (primary N) is 1. The van der Waals surface area contributed by atoms with Crippen molar-refractivity contribution in [1.82, 2.24) is 0 Å². The number of carbonyl (C=O) groups is 1. The van der Waals surface area contributed by atoms with Gasteiger partial charge in [0.2, 0.25) is 0 Å². The number of aliphatic carboxylic acids is 1. The molecule has 43 heavy (non-hydrogen) atoms. The van der Waals surface area contributed by atoms with Crippen LogP contribution in [0.2, 0.25) is 0 Å². The molecule has 0 aromatic heterocycles. The van der Waals surface area contributed by atoms with Gasteiger partial charge in [0.1, 0.15) is 29.0 Å². The van der Waals surface area contributed by atoms with E-state index < -0.39 is 25.8 Å². The van der Waals surface area contributed by atoms with Crippen molar-refractivity contribution in [3.8, 4) is 23.0 Å². The van der Waals surface area contributed by atoms with E-state index in [1.54, 1.807) is 18.2 Å². The molecule has 9 nitrogen and oxygen atoms in total. The van der Waals surface area contributed by atoms with Crippen molar-refractivity contribution in [3.63, 3.8) is 0 Å². The van der Waals surface area contributed by atoms with E-state index in [-0.39, 0.29) is 11.5 Å². The third kappa shape index (κ3) is 14.8. The van der Waals surface area contributed by atoms with Crippen LogP contribution in [0.25, 0.3) is 0 Å². The Bertz CT molecular complexity index is 1130. The summed E-state index contributed by atoms with van der Waals surface area (Å²) in [6.45, 7) is 2.76. The Morgan fingerprint density at radius 3 is 2.00 bits per heavy atom. The molecule has 2 rings (SSSR count). The molecule has 11 heteroatoms. The molecule has 0 spiro atoms. The summed E-state index contributed by atoms with van der Waals surface area (Å²) in [7, 11) is -3.13. The number of phosphoric acid groups is 1. The summed E-state index contributed by atoms with van der Waals surface area (Å²) < 4.78 is 34.8. The van der Waals surface area contributed by atoms with Crippen LogP contribution in [-0.2, 0) is 9.36 Å². The van der Waals surface area contributed by atoms with Crippen molar-refractivity contribution in [1.29, 1.82) is 0 Å². The Kier molecular flexibility index (Phi) is 17.6. The molecule has 0 fully saturated rings. The van der Waals surface area contributed by atoms with E-state index in [9.17, 15) is 19.4 Å². The quantitative estimate of drug-likeness (QED) is 0.0761. The molecule has 0 bridgehead atoms. The van der Waals surface area contributed by atoms with E-state index in [1.165, 1.54) is 107 Å². The van der Waals surface area contributed by atoms with Crippen LogP contribution in [0, 0.1) is 0 Å². The van der Waals surface area contributed by atoms with Crippen LogP contribution in [0.15, 0.2) is 42.5 Å². The molecule has 2 aromatic carbocycles. The van der Waals surface area contributed by atoms with Crippen LogP contribution >= 0.6 is 19.6 Å². The molecule has 4 N–H and O–H groups in total. The van der Waals surface area contributed by atoms with Gasteiger partial charge in [-0.3, -0.25) is 9.69 Å². The van der Waals surface area contributed by atoms with Gasteiger partial charge in [0.05, 0.1) is 13.7 Å². The lowest BCUT2D eigenvalue weighted by atomic mass is 9.93. The number of ether oxygens (including phenoxy) is 2. The number of carboxylic acids is 1. The molecule has 0 saturated heterocycles. The number of thioether (sulfide) groups is 1. The van der Waals surface area contributed by atoms with Crippen molar-refractivity contribution in [2.45, 2.75) is 95.9 Å². The maximum atomic E-state index is 12.9. The minimum atomic E-state index is -4.62. The average Bonchev–Trinajstić information content (AvgIpc) is 2.97. The molecule has 0 aliphatic carbocycles. The smallest absolute Gasteiger partial charge is 0.496 e. The summed E-state index contributed by atoms with van der Waals surface area (Å²) in [5.41, 5.74) is 6.47. The first kappa shape index (κ1) is 36.8. The van der Waals surface area contributed by atoms with Gasteiger partial charge in [-0.25, -0.2) is 4.57 Å². The number of carboxylic acid groups (broad SMARTS) is 1. The SMILES string of the molecule is CCCCCCCCCCCCCCOc1cc(OC)cc(OP(=O)(O)Oc2cccc(C(CSC)C(N)C(=O)O)c2)c1. The summed E-state index contributed by atoms with van der Waals surface area (Å²) in [5, 5.41) is 9.39. The summed E-state index contributed by atoms with van der Waals surface area (Å²) in [4.78, 5) is 22.0. The molecule has 0 aliphatic rings. The van der Waals surface area contributed by atoms with Gasteiger partial charge in [-0.05, 0) is 30.4 Å². The molecule has 3 atom stereocenters. The van der Waals surface area contributed by atoms with Crippen LogP contribution in [0.3, 0.4) is 0 Å². The maximum Gasteiger partial charge on any atom is 0.584 e. The molecule has 0 heterocycles. The van der Waals surface area contributed by atoms with E-state index in [0.29, 0.717) is 29.4 Å². The van der Waals surface area contributed by atoms with E-state index in [2.05, 4.69) is 6.92 Å². The lowest BCUT2D eigenvalue weighted by Crippen LogP contribution is -2.37. The van der Waals surface area contributed by atoms with Gasteiger partial charge >= 0.3 is 13.8 Å². The monoisotopic (exact) mass is 639 g/mol. The van der Waals surface area contributed by atoms with Crippen LogP contribution < -0.4 is 24.3 Å². The van der Waals surface area contributed by atoms with Gasteiger partial charge in [-0.15, -0.1) is 0 Å². The van der Waals surface area contributed by atoms with Gasteiger partial charge in [0.15, 0.2) is 0 Å². The van der Waals surface area contributed by atoms with E-state index in [1.807, 2.05) is 6.26 Å². The maximum absolute atomic E-state index is 12.9. The lowest BCUT2D eigenvalue weighted by Gasteiger charge is -2.21. The number of methoxy groups -OCH3 is 1. The number of benzene rings is 2. The van der Waals surface area contributed by atoms with Crippen LogP contribution in [0.4, 0.5) is 0 Å². The molecule has 2 aromatic rings. The van der Waals surface area contributed by atoms with Gasteiger partial charge in [-0.1, -0.05) is 89.7 Å². The fourth-order valence-corrected chi connectivity index (χ4v) is 6.33. The third-order valence-electron chi connectivity index (χ3n) is 7.15. The highest BCUT2D eigenvalue weighted by Gasteiger charge is 2.29. The van der Waals surface area contributed by atoms with Crippen LogP contribution in [-0.4, -0.2) is 47.7 Å². The standard InChI is InChI=1S/C32H50NO8PS/c1-4-5-6-7-8-9-10-11-12-13-14-15-19-39-28-21-27(38-2)22-29(23-28)41-42(36,37)40-26-18-16-17-25(20-26)30(24-43-3)31(33)32(34)35/h16-18,20-23,30-31H,4-15,19,24,33H2,1-3H3,(H,34,35)(H,36,37). The van der Waals surface area contributed by atoms with Gasteiger partial charge in [0, 0.05) is 29.9 Å². The molecule has 0 saturated carbocycles. The molecule has 0 radical (unpaired) electrons. The summed E-state index contributed by atoms with van der Waals surface area (Å²) in [6.07, 6.45) is 16.9. The second-order valence-electron chi connectivity index (χ2n) is 10.7. The highest BCUT2D eigenvalue weighted by Crippen LogP contribution is 2.46. The largest absolute Gasteiger partial charge is 0.584 e. The minimum absolute atomic E-state index is 0.0540. The first-order valence-corrected chi connectivity index (χ1v) is 18.2. The van der Waals surface area contributed by atoms with Crippen LogP contribution in [0.1, 0.15) is 95.5 Å². The third-order valence-corrected chi connectivity index (χ3v) is 8.72. The normalized spacial score (nSPS) is 14.0. The van der Waals surface area contributed by atoms with E-state index >= 15 is 0 Å². The van der Waals surface area contributed by atoms with Crippen molar-refractivity contribution >= 4 is 25.6 Å². The van der Waals surface area contributed by atoms with Gasteiger partial charge in [-0.2, -0.15) is 11.8 Å². The first-order valence-electron chi connectivity index (χ1n) is 15.3. The zero-order chi connectivity index (χ0) is 31.5. The Hall–Kier alpha value is -2.39. The predicted molar refractivity (Wildman–Crippen MR) is 174 cm³/mol. The van der Waals surface area contributed by atoms with Gasteiger partial charge in [0.25, 0.3) is 0 Å². The Morgan fingerprint density at radius 1 is 0.860 bits per heavy atom. The fourth-order valence-electron chi connectivity index (χ4n) is 4.78. The number of rotatable bonds is 24. The number of phosphoric ester groups is 1. The van der Waals surface area contributed by atoms with Crippen molar-refractivity contribution in [2.24, 2.45) is 5.73 Å². The fraction of sp³-hybridized carbons (Fsp3) is 0.594. The minimum Gasteiger partial charge on any atom is -0.496 e. The highest BCUT2D eigenvalue weighted by atomic mass is 32.2. The average molecular weight is 640 g/mol. The summed E-state index contributed by atoms with van der Waals surface area (Å²) in [6, 6.07) is 9.87. The number of unbranched alkanes of at least 4 members (excludes halogenated alkanes) is 11. The summed E-state index contributed by atoms with van der Waals surface area (Å²) >= 11 is 1.45. The Balaban J connectivity index is 1.86. The highest BCUT2D eigenvalue weighted by molar-refractivity contribution is 7.98. The molecular weight excluding hydrogens is 589 g/mol. The van der Waals surface area contributed by atoms with Crippen molar-refractivity contribution in [2.75, 3.05) is 25.7 Å². The first-order chi connectivity index (χ1) is 20.7. The van der Waals surface area contributed by atoms with E-state index in [0.717, 1.165) is 12.8 Å². The van der Waals surface area contributed by atoms with Crippen molar-refractivity contribution < 1.29 is 37.9 Å². The molecule has 0 aliphatic heterocycles. The summed E-state index contributed by atoms with van der Waals surface area (Å²) in [5.74, 6) is -0.211. The van der Waals surface area contributed by atoms with Crippen LogP contribution in [0.5, 0.6) is 23.0 Å². The second kappa shape index (κ2) is 20.5. The number of hydrogen-bond acceptors (Lipinski definition) is 8. The zero-order valence-electron chi connectivity index (χ0n) is 25.9. The van der Waals surface area contributed by atoms with E-state index in [4.69, 9.17) is 24.3 Å². The van der Waals surface area contributed by atoms with Gasteiger partial charge < -0.3 is 29.4 Å². The topological polar surface area (TPSA) is 138 Å². The second-order valence-corrected chi connectivity index (χ2v) is 12.9. The predicted octanol–water partition coefficient (Wildman–Crippen LogP) is 8.19. The zero-order valence-corrected chi connectivity index (χ0v) is 27.6. The number of hydrogen-bond donors (Lipinski definition) is 3. The molecule has 3 unspecified atom stereocenters. The Labute approximate surface area is 261 Å². The molecular formula is C32H50NO8PS. The van der Waals surface area contributed by atoms with Crippen molar-refractivity contribution in [3.05, 3.63) is 48.0 Å². The molecule has 242 valence electrons. The Morgan fingerprint density at radius 2 is 1.42 bits per heavy atom. The molecule has 0 amide bonds. The lowest BCUT2D eigenvalue weighted by molar-refractivity contribution is -0.138.